The van der Waals surface area contributed by atoms with Crippen molar-refractivity contribution >= 4 is 28.4 Å². The third-order valence-corrected chi connectivity index (χ3v) is 6.37. The molecule has 2 aromatic heterocycles. The number of nitrogens with zero attached hydrogens (tertiary/aromatic N) is 4. The van der Waals surface area contributed by atoms with Crippen LogP contribution in [0, 0.1) is 6.92 Å². The molecule has 1 N–H and O–H groups in total. The lowest BCUT2D eigenvalue weighted by molar-refractivity contribution is 0.0954. The third kappa shape index (κ3) is 4.04. The van der Waals surface area contributed by atoms with Crippen LogP contribution in [0.1, 0.15) is 39.5 Å². The lowest BCUT2D eigenvalue weighted by Gasteiger charge is -2.24. The Morgan fingerprint density at radius 2 is 2.00 bits per heavy atom. The van der Waals surface area contributed by atoms with E-state index in [1.54, 1.807) is 24.2 Å². The second-order valence-corrected chi connectivity index (χ2v) is 8.15. The van der Waals surface area contributed by atoms with Crippen LogP contribution in [-0.2, 0) is 6.54 Å². The summed E-state index contributed by atoms with van der Waals surface area (Å²) in [6.45, 7) is 5.39. The van der Waals surface area contributed by atoms with Gasteiger partial charge in [-0.3, -0.25) is 14.7 Å². The van der Waals surface area contributed by atoms with Crippen LogP contribution < -0.4 is 10.2 Å². The summed E-state index contributed by atoms with van der Waals surface area (Å²) in [5.74, 6) is -0.193. The van der Waals surface area contributed by atoms with Crippen molar-refractivity contribution in [1.29, 1.82) is 0 Å². The summed E-state index contributed by atoms with van der Waals surface area (Å²) in [4.78, 5) is 38.3. The molecule has 3 amide bonds. The lowest BCUT2D eigenvalue weighted by Crippen LogP contribution is -2.33. The first-order valence-electron chi connectivity index (χ1n) is 9.82. The molecule has 1 aliphatic rings. The molecule has 1 aliphatic heterocycles. The number of rotatable bonds is 6. The highest BCUT2D eigenvalue weighted by Gasteiger charge is 2.35. The maximum atomic E-state index is 13.0. The van der Waals surface area contributed by atoms with Gasteiger partial charge in [-0.1, -0.05) is 47.7 Å². The minimum absolute atomic E-state index is 0.0213. The molecule has 8 heteroatoms. The Morgan fingerprint density at radius 3 is 2.73 bits per heavy atom. The van der Waals surface area contributed by atoms with Gasteiger partial charge in [-0.05, 0) is 31.0 Å². The quantitative estimate of drug-likeness (QED) is 0.657. The van der Waals surface area contributed by atoms with Crippen LogP contribution in [0.2, 0.25) is 0 Å². The second-order valence-electron chi connectivity index (χ2n) is 7.17. The molecule has 1 unspecified atom stereocenters. The Kier molecular flexibility index (Phi) is 5.76. The SMILES string of the molecule is Cc1nc(N2CCN(C(C)c3ccccc3)C2=O)sc1C(=O)NCc1cccnc1. The van der Waals surface area contributed by atoms with E-state index in [1.807, 2.05) is 54.3 Å². The lowest BCUT2D eigenvalue weighted by atomic mass is 10.1. The Bertz CT molecular complexity index is 1040. The Balaban J connectivity index is 1.45. The van der Waals surface area contributed by atoms with Crippen molar-refractivity contribution in [2.75, 3.05) is 18.0 Å². The predicted octanol–water partition coefficient (Wildman–Crippen LogP) is 3.78. The normalized spacial score (nSPS) is 14.8. The van der Waals surface area contributed by atoms with Crippen molar-refractivity contribution in [3.63, 3.8) is 0 Å². The Labute approximate surface area is 179 Å². The van der Waals surface area contributed by atoms with Crippen LogP contribution in [0.3, 0.4) is 0 Å². The molecular formula is C22H23N5O2S. The van der Waals surface area contributed by atoms with Gasteiger partial charge in [-0.2, -0.15) is 0 Å². The zero-order valence-electron chi connectivity index (χ0n) is 16.9. The smallest absolute Gasteiger partial charge is 0.326 e. The maximum Gasteiger partial charge on any atom is 0.326 e. The molecule has 1 atom stereocenters. The number of carbonyl (C=O) groups is 2. The largest absolute Gasteiger partial charge is 0.347 e. The first-order chi connectivity index (χ1) is 14.5. The average Bonchev–Trinajstić information content (AvgIpc) is 3.35. The van der Waals surface area contributed by atoms with Gasteiger partial charge in [0.1, 0.15) is 4.88 Å². The molecule has 30 heavy (non-hydrogen) atoms. The number of carbonyl (C=O) groups excluding carboxylic acids is 2. The fourth-order valence-corrected chi connectivity index (χ4v) is 4.48. The molecule has 1 fully saturated rings. The maximum absolute atomic E-state index is 13.0. The molecule has 154 valence electrons. The Morgan fingerprint density at radius 1 is 1.20 bits per heavy atom. The number of pyridine rings is 1. The van der Waals surface area contributed by atoms with Crippen molar-refractivity contribution in [3.05, 3.63) is 76.6 Å². The molecule has 0 radical (unpaired) electrons. The number of aromatic nitrogens is 2. The van der Waals surface area contributed by atoms with Crippen molar-refractivity contribution in [2.24, 2.45) is 0 Å². The van der Waals surface area contributed by atoms with Crippen LogP contribution in [0.4, 0.5) is 9.93 Å². The van der Waals surface area contributed by atoms with Gasteiger partial charge in [0.25, 0.3) is 5.91 Å². The zero-order chi connectivity index (χ0) is 21.1. The molecular weight excluding hydrogens is 398 g/mol. The summed E-state index contributed by atoms with van der Waals surface area (Å²) in [6.07, 6.45) is 3.41. The van der Waals surface area contributed by atoms with Crippen LogP contribution in [0.15, 0.2) is 54.9 Å². The number of benzene rings is 1. The highest BCUT2D eigenvalue weighted by atomic mass is 32.1. The molecule has 0 saturated carbocycles. The standard InChI is InChI=1S/C22H23N5O2S/c1-15-19(20(28)24-14-17-7-6-10-23-13-17)30-21(25-15)27-12-11-26(22(27)29)16(2)18-8-4-3-5-9-18/h3-10,13,16H,11-12,14H2,1-2H3,(H,24,28). The molecule has 7 nitrogen and oxygen atoms in total. The van der Waals surface area contributed by atoms with Gasteiger partial charge >= 0.3 is 6.03 Å². The Hall–Kier alpha value is -3.26. The molecule has 1 aromatic carbocycles. The van der Waals surface area contributed by atoms with Gasteiger partial charge in [0.15, 0.2) is 5.13 Å². The van der Waals surface area contributed by atoms with Crippen LogP contribution in [-0.4, -0.2) is 39.9 Å². The number of amides is 3. The first kappa shape index (κ1) is 20.0. The van der Waals surface area contributed by atoms with Gasteiger partial charge in [-0.25, -0.2) is 9.78 Å². The number of aryl methyl sites for hydroxylation is 1. The first-order valence-corrected chi connectivity index (χ1v) is 10.6. The number of hydrogen-bond acceptors (Lipinski definition) is 5. The van der Waals surface area contributed by atoms with Gasteiger partial charge in [0.2, 0.25) is 0 Å². The highest BCUT2D eigenvalue weighted by molar-refractivity contribution is 7.17. The van der Waals surface area contributed by atoms with Crippen molar-refractivity contribution in [3.8, 4) is 0 Å². The second kappa shape index (κ2) is 8.62. The van der Waals surface area contributed by atoms with Crippen LogP contribution >= 0.6 is 11.3 Å². The minimum atomic E-state index is -0.193. The fraction of sp³-hybridized carbons (Fsp3) is 0.273. The van der Waals surface area contributed by atoms with E-state index >= 15 is 0 Å². The van der Waals surface area contributed by atoms with Crippen LogP contribution in [0.25, 0.3) is 0 Å². The fourth-order valence-electron chi connectivity index (χ4n) is 3.48. The third-order valence-electron chi connectivity index (χ3n) is 5.19. The summed E-state index contributed by atoms with van der Waals surface area (Å²) in [7, 11) is 0. The van der Waals surface area contributed by atoms with E-state index in [2.05, 4.69) is 15.3 Å². The van der Waals surface area contributed by atoms with Gasteiger partial charge < -0.3 is 10.2 Å². The molecule has 0 aliphatic carbocycles. The van der Waals surface area contributed by atoms with Gasteiger partial charge in [0.05, 0.1) is 11.7 Å². The zero-order valence-corrected chi connectivity index (χ0v) is 17.7. The van der Waals surface area contributed by atoms with Gasteiger partial charge in [-0.15, -0.1) is 0 Å². The van der Waals surface area contributed by atoms with E-state index in [0.717, 1.165) is 11.1 Å². The highest BCUT2D eigenvalue weighted by Crippen LogP contribution is 2.32. The topological polar surface area (TPSA) is 78.4 Å². The van der Waals surface area contributed by atoms with Crippen LogP contribution in [0.5, 0.6) is 0 Å². The van der Waals surface area contributed by atoms with Crippen molar-refractivity contribution in [2.45, 2.75) is 26.4 Å². The molecule has 4 rings (SSSR count). The van der Waals surface area contributed by atoms with E-state index in [0.29, 0.717) is 35.3 Å². The summed E-state index contributed by atoms with van der Waals surface area (Å²) in [6, 6.07) is 13.6. The molecule has 1 saturated heterocycles. The van der Waals surface area contributed by atoms with E-state index in [1.165, 1.54) is 11.3 Å². The van der Waals surface area contributed by atoms with E-state index in [-0.39, 0.29) is 18.0 Å². The summed E-state index contributed by atoms with van der Waals surface area (Å²) in [5, 5.41) is 3.46. The summed E-state index contributed by atoms with van der Waals surface area (Å²) < 4.78 is 0. The summed E-state index contributed by atoms with van der Waals surface area (Å²) in [5.41, 5.74) is 2.65. The minimum Gasteiger partial charge on any atom is -0.347 e. The average molecular weight is 422 g/mol. The van der Waals surface area contributed by atoms with E-state index in [9.17, 15) is 9.59 Å². The summed E-state index contributed by atoms with van der Waals surface area (Å²) >= 11 is 1.25. The van der Waals surface area contributed by atoms with Crippen molar-refractivity contribution < 1.29 is 9.59 Å². The number of urea groups is 1. The molecule has 0 spiro atoms. The predicted molar refractivity (Wildman–Crippen MR) is 117 cm³/mol. The molecule has 3 heterocycles. The van der Waals surface area contributed by atoms with E-state index in [4.69, 9.17) is 0 Å². The number of hydrogen-bond donors (Lipinski definition) is 1. The van der Waals surface area contributed by atoms with Crippen molar-refractivity contribution in [1.82, 2.24) is 20.2 Å². The van der Waals surface area contributed by atoms with Gasteiger partial charge in [0, 0.05) is 32.0 Å². The molecule has 0 bridgehead atoms. The number of anilines is 1. The number of thiazole rings is 1. The molecule has 3 aromatic rings. The number of nitrogens with one attached hydrogen (secondary N) is 1. The van der Waals surface area contributed by atoms with E-state index < -0.39 is 0 Å². The monoisotopic (exact) mass is 421 g/mol.